The summed E-state index contributed by atoms with van der Waals surface area (Å²) in [7, 11) is 0. The van der Waals surface area contributed by atoms with Gasteiger partial charge in [-0.2, -0.15) is 0 Å². The number of Topliss-reactive ketones (excluding diaryl/α,β-unsaturated/α-hetero) is 1. The Morgan fingerprint density at radius 1 is 1.14 bits per heavy atom. The van der Waals surface area contributed by atoms with Gasteiger partial charge in [-0.05, 0) is 17.9 Å². The summed E-state index contributed by atoms with van der Waals surface area (Å²) in [4.78, 5) is 24.2. The average molecular weight is 305 g/mol. The lowest BCUT2D eigenvalue weighted by atomic mass is 9.81. The normalized spacial score (nSPS) is 12.9. The van der Waals surface area contributed by atoms with Gasteiger partial charge in [-0.25, -0.2) is 4.79 Å². The fourth-order valence-corrected chi connectivity index (χ4v) is 2.04. The third kappa shape index (κ3) is 5.51. The van der Waals surface area contributed by atoms with Crippen LogP contribution in [0.25, 0.3) is 0 Å². The van der Waals surface area contributed by atoms with E-state index in [9.17, 15) is 9.59 Å². The minimum atomic E-state index is -0.561. The highest BCUT2D eigenvalue weighted by Crippen LogP contribution is 2.22. The molecule has 0 aliphatic rings. The summed E-state index contributed by atoms with van der Waals surface area (Å²) in [6.45, 7) is 11.6. The molecule has 0 spiro atoms. The van der Waals surface area contributed by atoms with E-state index in [2.05, 4.69) is 5.32 Å². The van der Waals surface area contributed by atoms with Crippen LogP contribution in [0.4, 0.5) is 4.79 Å². The molecule has 1 aromatic rings. The maximum absolute atomic E-state index is 12.3. The number of aryl methyl sites for hydroxylation is 1. The Morgan fingerprint density at radius 3 is 2.14 bits per heavy atom. The van der Waals surface area contributed by atoms with E-state index in [0.29, 0.717) is 0 Å². The minimum absolute atomic E-state index is 0.0137. The Bertz CT molecular complexity index is 512. The van der Waals surface area contributed by atoms with Crippen molar-refractivity contribution >= 4 is 11.9 Å². The molecule has 1 atom stereocenters. The van der Waals surface area contributed by atoms with Crippen molar-refractivity contribution < 1.29 is 14.3 Å². The van der Waals surface area contributed by atoms with E-state index in [1.165, 1.54) is 0 Å². The van der Waals surface area contributed by atoms with E-state index in [4.69, 9.17) is 4.74 Å². The Labute approximate surface area is 133 Å². The van der Waals surface area contributed by atoms with Crippen LogP contribution in [0.2, 0.25) is 0 Å². The molecule has 1 rings (SSSR count). The van der Waals surface area contributed by atoms with Crippen molar-refractivity contribution in [3.63, 3.8) is 0 Å². The maximum Gasteiger partial charge on any atom is 0.408 e. The number of ketones is 1. The zero-order valence-corrected chi connectivity index (χ0v) is 14.4. The van der Waals surface area contributed by atoms with Gasteiger partial charge in [-0.15, -0.1) is 0 Å². The molecule has 4 nitrogen and oxygen atoms in total. The van der Waals surface area contributed by atoms with Crippen LogP contribution in [-0.4, -0.2) is 17.9 Å². The number of hydrogen-bond acceptors (Lipinski definition) is 3. The molecule has 122 valence electrons. The summed E-state index contributed by atoms with van der Waals surface area (Å²) >= 11 is 0. The van der Waals surface area contributed by atoms with Crippen LogP contribution in [-0.2, 0) is 16.1 Å². The molecule has 0 bridgehead atoms. The number of carbonyl (C=O) groups is 2. The molecule has 0 aliphatic heterocycles. The molecule has 4 heteroatoms. The number of nitrogens with one attached hydrogen (secondary N) is 1. The monoisotopic (exact) mass is 305 g/mol. The first-order chi connectivity index (χ1) is 10.1. The molecule has 0 fully saturated rings. The Balaban J connectivity index is 2.64. The van der Waals surface area contributed by atoms with Gasteiger partial charge in [-0.3, -0.25) is 4.79 Å². The van der Waals surface area contributed by atoms with Crippen molar-refractivity contribution in [2.75, 3.05) is 0 Å². The molecule has 1 unspecified atom stereocenters. The molecule has 1 N–H and O–H groups in total. The number of hydrogen-bond donors (Lipinski definition) is 1. The van der Waals surface area contributed by atoms with Gasteiger partial charge in [0, 0.05) is 5.92 Å². The molecule has 0 saturated carbocycles. The second-order valence-corrected chi connectivity index (χ2v) is 7.06. The first kappa shape index (κ1) is 18.2. The molecule has 0 saturated heterocycles. The summed E-state index contributed by atoms with van der Waals surface area (Å²) in [5.41, 5.74) is 1.72. The highest BCUT2D eigenvalue weighted by atomic mass is 16.5. The SMILES string of the molecule is Cc1ccc(COC(=O)NC(C(=O)C(C)C)C(C)(C)C)cc1. The predicted molar refractivity (Wildman–Crippen MR) is 87.6 cm³/mol. The first-order valence-corrected chi connectivity index (χ1v) is 7.64. The number of amides is 1. The maximum atomic E-state index is 12.3. The molecule has 0 aromatic heterocycles. The van der Waals surface area contributed by atoms with Crippen LogP contribution in [0, 0.1) is 18.3 Å². The summed E-state index contributed by atoms with van der Waals surface area (Å²) in [5.74, 6) is -0.124. The summed E-state index contributed by atoms with van der Waals surface area (Å²) in [6, 6.07) is 7.22. The fourth-order valence-electron chi connectivity index (χ4n) is 2.04. The second-order valence-electron chi connectivity index (χ2n) is 7.06. The topological polar surface area (TPSA) is 55.4 Å². The molecular formula is C18H27NO3. The van der Waals surface area contributed by atoms with Crippen LogP contribution < -0.4 is 5.32 Å². The van der Waals surface area contributed by atoms with Gasteiger partial charge in [0.1, 0.15) is 6.61 Å². The number of alkyl carbamates (subject to hydrolysis) is 1. The van der Waals surface area contributed by atoms with E-state index in [-0.39, 0.29) is 23.7 Å². The van der Waals surface area contributed by atoms with Gasteiger partial charge in [0.05, 0.1) is 6.04 Å². The zero-order valence-electron chi connectivity index (χ0n) is 14.4. The first-order valence-electron chi connectivity index (χ1n) is 7.64. The van der Waals surface area contributed by atoms with Crippen LogP contribution in [0.5, 0.6) is 0 Å². The van der Waals surface area contributed by atoms with E-state index in [1.54, 1.807) is 0 Å². The van der Waals surface area contributed by atoms with Gasteiger partial charge in [-0.1, -0.05) is 64.4 Å². The molecule has 0 aliphatic carbocycles. The predicted octanol–water partition coefficient (Wildman–Crippen LogP) is 3.86. The van der Waals surface area contributed by atoms with Crippen molar-refractivity contribution in [3.05, 3.63) is 35.4 Å². The minimum Gasteiger partial charge on any atom is -0.445 e. The molecule has 1 aromatic carbocycles. The van der Waals surface area contributed by atoms with E-state index >= 15 is 0 Å². The van der Waals surface area contributed by atoms with E-state index in [0.717, 1.165) is 11.1 Å². The largest absolute Gasteiger partial charge is 0.445 e. The van der Waals surface area contributed by atoms with Crippen molar-refractivity contribution in [2.24, 2.45) is 11.3 Å². The number of carbonyl (C=O) groups excluding carboxylic acids is 2. The smallest absolute Gasteiger partial charge is 0.408 e. The Hall–Kier alpha value is -1.84. The van der Waals surface area contributed by atoms with Crippen molar-refractivity contribution in [2.45, 2.75) is 54.2 Å². The molecule has 0 heterocycles. The molecule has 22 heavy (non-hydrogen) atoms. The number of ether oxygens (including phenoxy) is 1. The molecular weight excluding hydrogens is 278 g/mol. The van der Waals surface area contributed by atoms with E-state index in [1.807, 2.05) is 65.8 Å². The average Bonchev–Trinajstić information content (AvgIpc) is 2.42. The van der Waals surface area contributed by atoms with Crippen LogP contribution >= 0.6 is 0 Å². The molecule has 1 amide bonds. The van der Waals surface area contributed by atoms with Gasteiger partial charge in [0.15, 0.2) is 5.78 Å². The van der Waals surface area contributed by atoms with Crippen LogP contribution in [0.1, 0.15) is 45.7 Å². The fraction of sp³-hybridized carbons (Fsp3) is 0.556. The highest BCUT2D eigenvalue weighted by Gasteiger charge is 2.34. The van der Waals surface area contributed by atoms with Gasteiger partial charge in [0.2, 0.25) is 0 Å². The number of rotatable bonds is 5. The Kier molecular flexibility index (Phi) is 6.15. The van der Waals surface area contributed by atoms with Crippen molar-refractivity contribution in [1.29, 1.82) is 0 Å². The van der Waals surface area contributed by atoms with E-state index < -0.39 is 12.1 Å². The van der Waals surface area contributed by atoms with Gasteiger partial charge >= 0.3 is 6.09 Å². The lowest BCUT2D eigenvalue weighted by Crippen LogP contribution is -2.50. The quantitative estimate of drug-likeness (QED) is 0.898. The Morgan fingerprint density at radius 2 is 1.68 bits per heavy atom. The van der Waals surface area contributed by atoms with Crippen molar-refractivity contribution in [3.8, 4) is 0 Å². The lowest BCUT2D eigenvalue weighted by molar-refractivity contribution is -0.126. The van der Waals surface area contributed by atoms with Crippen LogP contribution in [0.3, 0.4) is 0 Å². The van der Waals surface area contributed by atoms with Gasteiger partial charge in [0.25, 0.3) is 0 Å². The number of benzene rings is 1. The second kappa shape index (κ2) is 7.43. The summed E-state index contributed by atoms with van der Waals surface area (Å²) in [6.07, 6.45) is -0.561. The third-order valence-electron chi connectivity index (χ3n) is 3.47. The zero-order chi connectivity index (χ0) is 16.9. The van der Waals surface area contributed by atoms with Crippen molar-refractivity contribution in [1.82, 2.24) is 5.32 Å². The van der Waals surface area contributed by atoms with Crippen LogP contribution in [0.15, 0.2) is 24.3 Å². The highest BCUT2D eigenvalue weighted by molar-refractivity contribution is 5.89. The third-order valence-corrected chi connectivity index (χ3v) is 3.47. The summed E-state index contributed by atoms with van der Waals surface area (Å²) in [5, 5.41) is 2.71. The standard InChI is InChI=1S/C18H27NO3/c1-12(2)15(20)16(18(4,5)6)19-17(21)22-11-14-9-7-13(3)8-10-14/h7-10,12,16H,11H2,1-6H3,(H,19,21). The lowest BCUT2D eigenvalue weighted by Gasteiger charge is -2.31. The van der Waals surface area contributed by atoms with Gasteiger partial charge < -0.3 is 10.1 Å². The summed E-state index contributed by atoms with van der Waals surface area (Å²) < 4.78 is 5.22. The molecule has 0 radical (unpaired) electrons.